The van der Waals surface area contributed by atoms with E-state index in [9.17, 15) is 4.79 Å². The molecule has 0 aliphatic carbocycles. The summed E-state index contributed by atoms with van der Waals surface area (Å²) in [6.45, 7) is 0.633. The summed E-state index contributed by atoms with van der Waals surface area (Å²) in [6, 6.07) is -0.259. The Bertz CT molecular complexity index is 139. The summed E-state index contributed by atoms with van der Waals surface area (Å²) in [7, 11) is 0. The number of amides is 2. The van der Waals surface area contributed by atoms with E-state index in [1.54, 1.807) is 0 Å². The lowest BCUT2D eigenvalue weighted by Crippen LogP contribution is -2.38. The highest BCUT2D eigenvalue weighted by molar-refractivity contribution is 8.00. The molecule has 0 saturated heterocycles. The van der Waals surface area contributed by atoms with Crippen LogP contribution < -0.4 is 11.3 Å². The highest BCUT2D eigenvalue weighted by atomic mass is 32.2. The number of hydrazine groups is 1. The largest absolute Gasteiger partial charge is 0.342 e. The molecule has 0 aromatic carbocycles. The van der Waals surface area contributed by atoms with Crippen LogP contribution in [0.4, 0.5) is 4.79 Å². The van der Waals surface area contributed by atoms with Crippen molar-refractivity contribution in [2.45, 2.75) is 0 Å². The first-order chi connectivity index (χ1) is 4.34. The molecular weight excluding hydrogens is 138 g/mol. The molecule has 4 nitrogen and oxygen atoms in total. The van der Waals surface area contributed by atoms with E-state index in [1.807, 2.05) is 16.9 Å². The van der Waals surface area contributed by atoms with Gasteiger partial charge in [-0.3, -0.25) is 9.73 Å². The molecule has 2 amide bonds. The number of hydrogen-bond acceptors (Lipinski definition) is 3. The molecular formula is C4H7N3OS. The van der Waals surface area contributed by atoms with Gasteiger partial charge in [0.05, 0.1) is 6.54 Å². The van der Waals surface area contributed by atoms with Gasteiger partial charge in [-0.15, -0.1) is 0 Å². The molecule has 0 aromatic heterocycles. The zero-order valence-electron chi connectivity index (χ0n) is 4.70. The Balaban J connectivity index is 2.36. The third-order valence-electron chi connectivity index (χ3n) is 0.906. The zero-order valence-corrected chi connectivity index (χ0v) is 5.52. The molecule has 9 heavy (non-hydrogen) atoms. The molecule has 1 heterocycles. The van der Waals surface area contributed by atoms with Gasteiger partial charge in [-0.05, 0) is 17.4 Å². The first-order valence-corrected chi connectivity index (χ1v) is 3.28. The maximum Gasteiger partial charge on any atom is 0.342 e. The minimum Gasteiger partial charge on any atom is -0.275 e. The lowest BCUT2D eigenvalue weighted by atomic mass is 10.6. The van der Waals surface area contributed by atoms with Crippen LogP contribution in [-0.4, -0.2) is 16.9 Å². The fraction of sp³-hybridized carbons (Fsp3) is 0.250. The van der Waals surface area contributed by atoms with Crippen LogP contribution in [0.5, 0.6) is 0 Å². The fourth-order valence-corrected chi connectivity index (χ4v) is 1.14. The number of nitrogens with two attached hydrogens (primary N) is 1. The van der Waals surface area contributed by atoms with Gasteiger partial charge in [-0.2, -0.15) is 0 Å². The summed E-state index contributed by atoms with van der Waals surface area (Å²) in [4.78, 5) is 10.6. The van der Waals surface area contributed by atoms with Gasteiger partial charge in [-0.1, -0.05) is 6.08 Å². The minimum atomic E-state index is -0.259. The van der Waals surface area contributed by atoms with Crippen LogP contribution in [0.1, 0.15) is 0 Å². The SMILES string of the molecule is NNC(=O)N1CC=CS1. The molecule has 1 rings (SSSR count). The van der Waals surface area contributed by atoms with E-state index in [0.29, 0.717) is 6.54 Å². The molecule has 0 atom stereocenters. The lowest BCUT2D eigenvalue weighted by molar-refractivity contribution is 0.229. The summed E-state index contributed by atoms with van der Waals surface area (Å²) in [5, 5.41) is 1.84. The summed E-state index contributed by atoms with van der Waals surface area (Å²) in [5.74, 6) is 4.87. The summed E-state index contributed by atoms with van der Waals surface area (Å²) in [6.07, 6.45) is 1.89. The number of nitrogens with one attached hydrogen (secondary N) is 1. The Kier molecular flexibility index (Phi) is 1.96. The second kappa shape index (κ2) is 2.75. The van der Waals surface area contributed by atoms with Crippen LogP contribution in [0.2, 0.25) is 0 Å². The van der Waals surface area contributed by atoms with E-state index >= 15 is 0 Å². The first-order valence-electron chi connectivity index (χ1n) is 2.44. The number of nitrogens with zero attached hydrogens (tertiary/aromatic N) is 1. The Morgan fingerprint density at radius 2 is 2.67 bits per heavy atom. The monoisotopic (exact) mass is 145 g/mol. The molecule has 0 bridgehead atoms. The molecule has 0 aromatic rings. The van der Waals surface area contributed by atoms with E-state index in [-0.39, 0.29) is 6.03 Å². The van der Waals surface area contributed by atoms with Crippen LogP contribution in [0, 0.1) is 0 Å². The van der Waals surface area contributed by atoms with Crippen molar-refractivity contribution < 1.29 is 4.79 Å². The summed E-state index contributed by atoms with van der Waals surface area (Å²) >= 11 is 1.34. The molecule has 0 saturated carbocycles. The van der Waals surface area contributed by atoms with Crippen molar-refractivity contribution in [1.29, 1.82) is 0 Å². The molecule has 1 aliphatic heterocycles. The summed E-state index contributed by atoms with van der Waals surface area (Å²) < 4.78 is 1.51. The minimum absolute atomic E-state index is 0.259. The van der Waals surface area contributed by atoms with Crippen molar-refractivity contribution in [3.05, 3.63) is 11.5 Å². The molecule has 0 fully saturated rings. The summed E-state index contributed by atoms with van der Waals surface area (Å²) in [5.41, 5.74) is 2.03. The van der Waals surface area contributed by atoms with Crippen LogP contribution in [-0.2, 0) is 0 Å². The maximum absolute atomic E-state index is 10.6. The van der Waals surface area contributed by atoms with Gasteiger partial charge in [-0.25, -0.2) is 10.6 Å². The molecule has 5 heteroatoms. The normalized spacial score (nSPS) is 16.3. The number of hydrogen-bond donors (Lipinski definition) is 2. The third kappa shape index (κ3) is 1.36. The van der Waals surface area contributed by atoms with Crippen molar-refractivity contribution in [3.63, 3.8) is 0 Å². The van der Waals surface area contributed by atoms with Crippen LogP contribution >= 0.6 is 11.9 Å². The van der Waals surface area contributed by atoms with Gasteiger partial charge in [0.2, 0.25) is 0 Å². The smallest absolute Gasteiger partial charge is 0.275 e. The van der Waals surface area contributed by atoms with Crippen molar-refractivity contribution in [2.24, 2.45) is 5.84 Å². The fourth-order valence-electron chi connectivity index (χ4n) is 0.501. The first kappa shape index (κ1) is 6.44. The van der Waals surface area contributed by atoms with Crippen molar-refractivity contribution in [1.82, 2.24) is 9.73 Å². The zero-order chi connectivity index (χ0) is 6.69. The molecule has 0 radical (unpaired) electrons. The van der Waals surface area contributed by atoms with E-state index < -0.39 is 0 Å². The Morgan fingerprint density at radius 3 is 3.11 bits per heavy atom. The standard InChI is InChI=1S/C4H7N3OS/c5-6-4(8)7-2-1-3-9-7/h1,3H,2,5H2,(H,6,8). The predicted octanol–water partition coefficient (Wildman–Crippen LogP) is 0.0472. The molecule has 1 aliphatic rings. The third-order valence-corrected chi connectivity index (χ3v) is 1.79. The average Bonchev–Trinajstić information content (AvgIpc) is 2.37. The second-order valence-electron chi connectivity index (χ2n) is 1.49. The number of rotatable bonds is 0. The van der Waals surface area contributed by atoms with Crippen LogP contribution in [0.3, 0.4) is 0 Å². The molecule has 50 valence electrons. The van der Waals surface area contributed by atoms with Gasteiger partial charge in [0.25, 0.3) is 0 Å². The predicted molar refractivity (Wildman–Crippen MR) is 36.2 cm³/mol. The quantitative estimate of drug-likeness (QED) is 0.219. The highest BCUT2D eigenvalue weighted by Gasteiger charge is 2.12. The van der Waals surface area contributed by atoms with Crippen LogP contribution in [0.25, 0.3) is 0 Å². The van der Waals surface area contributed by atoms with Gasteiger partial charge in [0.15, 0.2) is 0 Å². The molecule has 0 spiro atoms. The highest BCUT2D eigenvalue weighted by Crippen LogP contribution is 2.16. The lowest BCUT2D eigenvalue weighted by Gasteiger charge is -2.10. The average molecular weight is 145 g/mol. The van der Waals surface area contributed by atoms with Crippen LogP contribution in [0.15, 0.2) is 11.5 Å². The van der Waals surface area contributed by atoms with E-state index in [1.165, 1.54) is 16.3 Å². The maximum atomic E-state index is 10.6. The number of carbonyl (C=O) groups excluding carboxylic acids is 1. The Morgan fingerprint density at radius 1 is 1.89 bits per heavy atom. The molecule has 3 N–H and O–H groups in total. The van der Waals surface area contributed by atoms with E-state index in [4.69, 9.17) is 5.84 Å². The van der Waals surface area contributed by atoms with Crippen molar-refractivity contribution >= 4 is 18.0 Å². The van der Waals surface area contributed by atoms with E-state index in [2.05, 4.69) is 0 Å². The topological polar surface area (TPSA) is 58.4 Å². The second-order valence-corrected chi connectivity index (χ2v) is 2.41. The van der Waals surface area contributed by atoms with Gasteiger partial charge in [0.1, 0.15) is 0 Å². The number of carbonyl (C=O) groups is 1. The van der Waals surface area contributed by atoms with Gasteiger partial charge >= 0.3 is 6.03 Å². The van der Waals surface area contributed by atoms with Crippen molar-refractivity contribution in [3.8, 4) is 0 Å². The Labute approximate surface area is 57.2 Å². The van der Waals surface area contributed by atoms with Gasteiger partial charge < -0.3 is 0 Å². The number of urea groups is 1. The van der Waals surface area contributed by atoms with E-state index in [0.717, 1.165) is 0 Å². The van der Waals surface area contributed by atoms with Gasteiger partial charge in [0, 0.05) is 0 Å². The van der Waals surface area contributed by atoms with Crippen molar-refractivity contribution in [2.75, 3.05) is 6.54 Å². The Hall–Kier alpha value is -0.680. The molecule has 0 unspecified atom stereocenters.